The summed E-state index contributed by atoms with van der Waals surface area (Å²) in [4.78, 5) is 15.6. The molecule has 0 fully saturated rings. The molecule has 0 bridgehead atoms. The molecule has 0 spiro atoms. The summed E-state index contributed by atoms with van der Waals surface area (Å²) in [6.45, 7) is 1.77. The molecule has 3 nitrogen and oxygen atoms in total. The van der Waals surface area contributed by atoms with Crippen LogP contribution in [0.5, 0.6) is 0 Å². The van der Waals surface area contributed by atoms with E-state index >= 15 is 0 Å². The zero-order valence-corrected chi connectivity index (χ0v) is 6.44. The maximum Gasteiger partial charge on any atom is 0.323 e. The lowest BCUT2D eigenvalue weighted by atomic mass is 10.2. The van der Waals surface area contributed by atoms with Gasteiger partial charge in [-0.05, 0) is 24.6 Å². The number of aromatic amines is 2. The molecule has 0 aliphatic heterocycles. The Morgan fingerprint density at radius 3 is 2.92 bits per heavy atom. The number of aromatic nitrogens is 2. The fourth-order valence-electron chi connectivity index (χ4n) is 1.23. The number of hydrogen-bond donors (Lipinski definition) is 2. The standard InChI is InChI=1S/C8H7FN2O.2H2/c1-4-2-5(9)7-6(3-4)10-8(12)11-7;;/h2-3H,1H3,(H2,10,11,12);2*1H. The Balaban J connectivity index is 0.000000845. The summed E-state index contributed by atoms with van der Waals surface area (Å²) in [5.41, 5.74) is 1.16. The average molecular weight is 170 g/mol. The van der Waals surface area contributed by atoms with E-state index in [-0.39, 0.29) is 14.1 Å². The largest absolute Gasteiger partial charge is 0.323 e. The number of nitrogens with one attached hydrogen (secondary N) is 2. The Morgan fingerprint density at radius 1 is 1.42 bits per heavy atom. The number of rotatable bonds is 0. The van der Waals surface area contributed by atoms with Gasteiger partial charge in [-0.2, -0.15) is 0 Å². The van der Waals surface area contributed by atoms with Crippen molar-refractivity contribution in [2.45, 2.75) is 6.92 Å². The number of hydrogen-bond acceptors (Lipinski definition) is 1. The van der Waals surface area contributed by atoms with Crippen LogP contribution in [0.1, 0.15) is 8.42 Å². The monoisotopic (exact) mass is 170 g/mol. The highest BCUT2D eigenvalue weighted by Crippen LogP contribution is 2.13. The van der Waals surface area contributed by atoms with Crippen molar-refractivity contribution >= 4 is 11.0 Å². The molecule has 0 saturated carbocycles. The lowest BCUT2D eigenvalue weighted by Gasteiger charge is -1.93. The highest BCUT2D eigenvalue weighted by molar-refractivity contribution is 5.75. The summed E-state index contributed by atoms with van der Waals surface area (Å²) in [5.74, 6) is -0.400. The van der Waals surface area contributed by atoms with E-state index in [2.05, 4.69) is 9.97 Å². The van der Waals surface area contributed by atoms with Crippen LogP contribution >= 0.6 is 0 Å². The van der Waals surface area contributed by atoms with Crippen LogP contribution in [0.2, 0.25) is 0 Å². The summed E-state index contributed by atoms with van der Waals surface area (Å²) in [6.07, 6.45) is 0. The van der Waals surface area contributed by atoms with Gasteiger partial charge in [-0.3, -0.25) is 0 Å². The van der Waals surface area contributed by atoms with Crippen molar-refractivity contribution in [1.29, 1.82) is 0 Å². The quantitative estimate of drug-likeness (QED) is 0.622. The van der Waals surface area contributed by atoms with Crippen molar-refractivity contribution in [3.8, 4) is 0 Å². The molecule has 0 amide bonds. The van der Waals surface area contributed by atoms with Crippen LogP contribution in [0.4, 0.5) is 4.39 Å². The van der Waals surface area contributed by atoms with Gasteiger partial charge in [0, 0.05) is 2.85 Å². The van der Waals surface area contributed by atoms with Crippen molar-refractivity contribution in [3.05, 3.63) is 34.0 Å². The number of imidazole rings is 1. The Kier molecular flexibility index (Phi) is 1.30. The third-order valence-electron chi connectivity index (χ3n) is 1.72. The van der Waals surface area contributed by atoms with E-state index in [1.807, 2.05) is 0 Å². The molecule has 0 radical (unpaired) electrons. The van der Waals surface area contributed by atoms with Crippen LogP contribution in [0, 0.1) is 12.7 Å². The molecule has 2 N–H and O–H groups in total. The van der Waals surface area contributed by atoms with Gasteiger partial charge in [0.15, 0.2) is 0 Å². The second kappa shape index (κ2) is 2.20. The molecule has 2 rings (SSSR count). The van der Waals surface area contributed by atoms with Gasteiger partial charge < -0.3 is 9.97 Å². The van der Waals surface area contributed by atoms with Gasteiger partial charge in [-0.1, -0.05) is 0 Å². The first kappa shape index (κ1) is 7.09. The van der Waals surface area contributed by atoms with E-state index in [4.69, 9.17) is 0 Å². The number of aryl methyl sites for hydroxylation is 1. The molecule has 0 unspecified atom stereocenters. The van der Waals surface area contributed by atoms with Crippen molar-refractivity contribution in [2.75, 3.05) is 0 Å². The first-order valence-corrected chi connectivity index (χ1v) is 3.55. The molecule has 66 valence electrons. The third-order valence-corrected chi connectivity index (χ3v) is 1.72. The Hall–Kier alpha value is -1.58. The lowest BCUT2D eigenvalue weighted by molar-refractivity contribution is 0.636. The SMILES string of the molecule is Cc1cc(F)c2[nH]c(=O)[nH]c2c1.[HH].[HH]. The lowest BCUT2D eigenvalue weighted by Crippen LogP contribution is -1.99. The molecule has 1 heterocycles. The van der Waals surface area contributed by atoms with E-state index in [9.17, 15) is 9.18 Å². The average Bonchev–Trinajstić information content (AvgIpc) is 2.29. The van der Waals surface area contributed by atoms with Gasteiger partial charge in [-0.25, -0.2) is 9.18 Å². The summed E-state index contributed by atoms with van der Waals surface area (Å²) >= 11 is 0. The normalized spacial score (nSPS) is 10.8. The minimum absolute atomic E-state index is 0. The van der Waals surface area contributed by atoms with E-state index < -0.39 is 5.82 Å². The summed E-state index contributed by atoms with van der Waals surface area (Å²) in [6, 6.07) is 3.10. The first-order chi connectivity index (χ1) is 5.66. The smallest absolute Gasteiger partial charge is 0.306 e. The maximum atomic E-state index is 13.1. The molecule has 0 atom stereocenters. The van der Waals surface area contributed by atoms with Gasteiger partial charge in [0.25, 0.3) is 0 Å². The topological polar surface area (TPSA) is 48.6 Å². The predicted molar refractivity (Wildman–Crippen MR) is 47.8 cm³/mol. The summed E-state index contributed by atoms with van der Waals surface area (Å²) < 4.78 is 13.1. The molecular weight excluding hydrogens is 159 g/mol. The number of benzene rings is 1. The second-order valence-corrected chi connectivity index (χ2v) is 2.75. The Morgan fingerprint density at radius 2 is 2.17 bits per heavy atom. The van der Waals surface area contributed by atoms with E-state index in [0.29, 0.717) is 5.52 Å². The van der Waals surface area contributed by atoms with Gasteiger partial charge in [0.2, 0.25) is 0 Å². The molecule has 4 heteroatoms. The van der Waals surface area contributed by atoms with Crippen molar-refractivity contribution in [3.63, 3.8) is 0 Å². The fraction of sp³-hybridized carbons (Fsp3) is 0.125. The summed E-state index contributed by atoms with van der Waals surface area (Å²) in [5, 5.41) is 0. The predicted octanol–water partition coefficient (Wildman–Crippen LogP) is 1.80. The third kappa shape index (κ3) is 0.922. The van der Waals surface area contributed by atoms with E-state index in [0.717, 1.165) is 5.56 Å². The molecule has 0 aliphatic rings. The second-order valence-electron chi connectivity index (χ2n) is 2.75. The minimum Gasteiger partial charge on any atom is -0.306 e. The van der Waals surface area contributed by atoms with Crippen molar-refractivity contribution < 1.29 is 7.24 Å². The van der Waals surface area contributed by atoms with Gasteiger partial charge >= 0.3 is 5.69 Å². The molecule has 1 aromatic heterocycles. The summed E-state index contributed by atoms with van der Waals surface area (Å²) in [7, 11) is 0. The number of halogens is 1. The van der Waals surface area contributed by atoms with Gasteiger partial charge in [0.1, 0.15) is 11.3 Å². The number of H-pyrrole nitrogens is 2. The van der Waals surface area contributed by atoms with Crippen LogP contribution in [-0.2, 0) is 0 Å². The van der Waals surface area contributed by atoms with Crippen LogP contribution in [-0.4, -0.2) is 9.97 Å². The van der Waals surface area contributed by atoms with Crippen LogP contribution in [0.15, 0.2) is 16.9 Å². The van der Waals surface area contributed by atoms with Gasteiger partial charge in [0.05, 0.1) is 5.52 Å². The van der Waals surface area contributed by atoms with Crippen molar-refractivity contribution in [2.24, 2.45) is 0 Å². The highest BCUT2D eigenvalue weighted by atomic mass is 19.1. The molecule has 0 aliphatic carbocycles. The van der Waals surface area contributed by atoms with Gasteiger partial charge in [-0.15, -0.1) is 0 Å². The van der Waals surface area contributed by atoms with Crippen LogP contribution in [0.3, 0.4) is 0 Å². The number of fused-ring (bicyclic) bond motifs is 1. The maximum absolute atomic E-state index is 13.1. The molecule has 2 aromatic rings. The van der Waals surface area contributed by atoms with Crippen molar-refractivity contribution in [1.82, 2.24) is 9.97 Å². The van der Waals surface area contributed by atoms with E-state index in [1.165, 1.54) is 6.07 Å². The molecule has 1 aromatic carbocycles. The molecule has 0 saturated heterocycles. The Labute approximate surface area is 70.2 Å². The molecular formula is C8H11FN2O. The minimum atomic E-state index is -0.400. The zero-order chi connectivity index (χ0) is 8.72. The first-order valence-electron chi connectivity index (χ1n) is 3.55. The van der Waals surface area contributed by atoms with Crippen LogP contribution < -0.4 is 5.69 Å². The highest BCUT2D eigenvalue weighted by Gasteiger charge is 2.03. The fourth-order valence-corrected chi connectivity index (χ4v) is 1.23. The van der Waals surface area contributed by atoms with E-state index in [1.54, 1.807) is 13.0 Å². The molecule has 12 heavy (non-hydrogen) atoms. The van der Waals surface area contributed by atoms with Crippen LogP contribution in [0.25, 0.3) is 11.0 Å². The zero-order valence-electron chi connectivity index (χ0n) is 6.44. The Bertz CT molecular complexity index is 492.